The molecule has 0 spiro atoms. The maximum Gasteiger partial charge on any atom is 0.257 e. The molecule has 1 amide bonds. The normalized spacial score (nSPS) is 10.4. The highest BCUT2D eigenvalue weighted by molar-refractivity contribution is 7.80. The van der Waals surface area contributed by atoms with Crippen LogP contribution in [0.25, 0.3) is 11.3 Å². The number of aliphatic hydroxyl groups is 1. The van der Waals surface area contributed by atoms with Crippen molar-refractivity contribution in [1.29, 1.82) is 0 Å². The molecular formula is C22H21ClN2O6S. The van der Waals surface area contributed by atoms with Crippen molar-refractivity contribution in [3.8, 4) is 28.6 Å². The highest BCUT2D eigenvalue weighted by Crippen LogP contribution is 2.38. The fraction of sp³-hybridized carbons (Fsp3) is 0.182. The molecule has 0 saturated carbocycles. The average Bonchev–Trinajstić information content (AvgIpc) is 3.28. The lowest BCUT2D eigenvalue weighted by atomic mass is 10.1. The molecule has 0 saturated heterocycles. The molecule has 0 bridgehead atoms. The highest BCUT2D eigenvalue weighted by Gasteiger charge is 2.18. The van der Waals surface area contributed by atoms with Crippen LogP contribution in [0.2, 0.25) is 5.02 Å². The smallest absolute Gasteiger partial charge is 0.257 e. The zero-order valence-corrected chi connectivity index (χ0v) is 19.1. The molecule has 0 unspecified atom stereocenters. The Morgan fingerprint density at radius 3 is 2.31 bits per heavy atom. The number of thiocarbonyl (C=S) groups is 1. The van der Waals surface area contributed by atoms with E-state index >= 15 is 0 Å². The Kier molecular flexibility index (Phi) is 7.57. The third-order valence-corrected chi connectivity index (χ3v) is 4.99. The standard InChI is InChI=1S/C22H21ClN2O6S/c1-28-18-8-12(9-19(29-2)20(18)30-3)21(27)25-22(32)24-13-4-6-16(23)15(10-13)17-7-5-14(11-26)31-17/h4-10,26H,11H2,1-3H3,(H2,24,25,27,32). The molecule has 3 aromatic rings. The number of carbonyl (C=O) groups excluding carboxylic acids is 1. The maximum atomic E-state index is 12.7. The van der Waals surface area contributed by atoms with Crippen LogP contribution in [0, 0.1) is 0 Å². The SMILES string of the molecule is COc1cc(C(=O)NC(=S)Nc2ccc(Cl)c(-c3ccc(CO)o3)c2)cc(OC)c1OC. The van der Waals surface area contributed by atoms with Crippen LogP contribution in [-0.4, -0.2) is 37.5 Å². The molecule has 1 aromatic heterocycles. The molecule has 8 nitrogen and oxygen atoms in total. The van der Waals surface area contributed by atoms with E-state index in [2.05, 4.69) is 10.6 Å². The Morgan fingerprint density at radius 2 is 1.75 bits per heavy atom. The lowest BCUT2D eigenvalue weighted by molar-refractivity contribution is 0.0977. The summed E-state index contributed by atoms with van der Waals surface area (Å²) in [4.78, 5) is 12.7. The first kappa shape index (κ1) is 23.4. The Bertz CT molecular complexity index is 1120. The van der Waals surface area contributed by atoms with E-state index < -0.39 is 5.91 Å². The van der Waals surface area contributed by atoms with Crippen LogP contribution in [0.3, 0.4) is 0 Å². The Labute approximate surface area is 195 Å². The van der Waals surface area contributed by atoms with Gasteiger partial charge in [-0.2, -0.15) is 0 Å². The molecule has 0 radical (unpaired) electrons. The Balaban J connectivity index is 1.76. The highest BCUT2D eigenvalue weighted by atomic mass is 35.5. The van der Waals surface area contributed by atoms with Crippen molar-refractivity contribution in [1.82, 2.24) is 5.32 Å². The third kappa shape index (κ3) is 5.13. The van der Waals surface area contributed by atoms with Gasteiger partial charge in [-0.3, -0.25) is 10.1 Å². The zero-order valence-electron chi connectivity index (χ0n) is 17.5. The number of carbonyl (C=O) groups is 1. The molecule has 0 fully saturated rings. The van der Waals surface area contributed by atoms with E-state index in [4.69, 9.17) is 42.4 Å². The van der Waals surface area contributed by atoms with E-state index in [-0.39, 0.29) is 17.3 Å². The van der Waals surface area contributed by atoms with Gasteiger partial charge in [0.05, 0.1) is 26.4 Å². The largest absolute Gasteiger partial charge is 0.493 e. The van der Waals surface area contributed by atoms with Gasteiger partial charge in [-0.25, -0.2) is 0 Å². The topological polar surface area (TPSA) is 102 Å². The molecule has 0 aliphatic carbocycles. The second kappa shape index (κ2) is 10.4. The first-order valence-corrected chi connectivity index (χ1v) is 10.1. The molecular weight excluding hydrogens is 456 g/mol. The van der Waals surface area contributed by atoms with E-state index in [0.717, 1.165) is 0 Å². The monoisotopic (exact) mass is 476 g/mol. The van der Waals surface area contributed by atoms with Gasteiger partial charge < -0.3 is 29.1 Å². The number of methoxy groups -OCH3 is 3. The molecule has 32 heavy (non-hydrogen) atoms. The minimum atomic E-state index is -0.463. The van der Waals surface area contributed by atoms with E-state index in [0.29, 0.717) is 45.0 Å². The maximum absolute atomic E-state index is 12.7. The van der Waals surface area contributed by atoms with Crippen LogP contribution >= 0.6 is 23.8 Å². The number of halogens is 1. The van der Waals surface area contributed by atoms with Crippen LogP contribution < -0.4 is 24.8 Å². The van der Waals surface area contributed by atoms with Crippen LogP contribution in [0.5, 0.6) is 17.2 Å². The summed E-state index contributed by atoms with van der Waals surface area (Å²) in [7, 11) is 4.41. The summed E-state index contributed by atoms with van der Waals surface area (Å²) in [5, 5.41) is 15.3. The van der Waals surface area contributed by atoms with E-state index in [1.54, 1.807) is 30.3 Å². The predicted molar refractivity (Wildman–Crippen MR) is 125 cm³/mol. The minimum absolute atomic E-state index is 0.0764. The van der Waals surface area contributed by atoms with Crippen molar-refractivity contribution < 1.29 is 28.5 Å². The van der Waals surface area contributed by atoms with Crippen LogP contribution in [0.4, 0.5) is 5.69 Å². The number of ether oxygens (including phenoxy) is 3. The van der Waals surface area contributed by atoms with Crippen molar-refractivity contribution in [3.05, 3.63) is 58.8 Å². The van der Waals surface area contributed by atoms with E-state index in [9.17, 15) is 9.90 Å². The second-order valence-electron chi connectivity index (χ2n) is 6.44. The van der Waals surface area contributed by atoms with Gasteiger partial charge in [0, 0.05) is 16.8 Å². The van der Waals surface area contributed by atoms with Gasteiger partial charge in [-0.1, -0.05) is 11.6 Å². The van der Waals surface area contributed by atoms with Gasteiger partial charge in [0.2, 0.25) is 5.75 Å². The number of hydrogen-bond donors (Lipinski definition) is 3. The minimum Gasteiger partial charge on any atom is -0.493 e. The average molecular weight is 477 g/mol. The van der Waals surface area contributed by atoms with Crippen molar-refractivity contribution in [2.75, 3.05) is 26.6 Å². The quantitative estimate of drug-likeness (QED) is 0.435. The number of hydrogen-bond acceptors (Lipinski definition) is 7. The van der Waals surface area contributed by atoms with Crippen molar-refractivity contribution in [2.45, 2.75) is 6.61 Å². The summed E-state index contributed by atoms with van der Waals surface area (Å²) < 4.78 is 21.4. The molecule has 3 rings (SSSR count). The summed E-state index contributed by atoms with van der Waals surface area (Å²) in [5.41, 5.74) is 1.46. The number of nitrogens with one attached hydrogen (secondary N) is 2. The summed E-state index contributed by atoms with van der Waals surface area (Å²) in [6.45, 7) is -0.216. The first-order chi connectivity index (χ1) is 15.4. The summed E-state index contributed by atoms with van der Waals surface area (Å²) in [6, 6.07) is 11.5. The summed E-state index contributed by atoms with van der Waals surface area (Å²) >= 11 is 11.6. The summed E-state index contributed by atoms with van der Waals surface area (Å²) in [5.74, 6) is 1.52. The number of rotatable bonds is 7. The van der Waals surface area contributed by atoms with Gasteiger partial charge in [-0.15, -0.1) is 0 Å². The second-order valence-corrected chi connectivity index (χ2v) is 7.26. The number of amides is 1. The van der Waals surface area contributed by atoms with Gasteiger partial charge in [0.15, 0.2) is 16.6 Å². The fourth-order valence-electron chi connectivity index (χ4n) is 2.95. The number of anilines is 1. The van der Waals surface area contributed by atoms with Crippen LogP contribution in [0.1, 0.15) is 16.1 Å². The van der Waals surface area contributed by atoms with E-state index in [1.807, 2.05) is 0 Å². The predicted octanol–water partition coefficient (Wildman–Crippen LogP) is 4.24. The molecule has 3 N–H and O–H groups in total. The van der Waals surface area contributed by atoms with Gasteiger partial charge in [0.25, 0.3) is 5.91 Å². The van der Waals surface area contributed by atoms with Crippen LogP contribution in [0.15, 0.2) is 46.9 Å². The van der Waals surface area contributed by atoms with Crippen molar-refractivity contribution in [3.63, 3.8) is 0 Å². The molecule has 168 valence electrons. The van der Waals surface area contributed by atoms with Crippen molar-refractivity contribution >= 4 is 40.5 Å². The lowest BCUT2D eigenvalue weighted by Crippen LogP contribution is -2.34. The fourth-order valence-corrected chi connectivity index (χ4v) is 3.37. The molecule has 2 aromatic carbocycles. The Morgan fingerprint density at radius 1 is 1.06 bits per heavy atom. The zero-order chi connectivity index (χ0) is 23.3. The number of furan rings is 1. The Hall–Kier alpha value is -3.27. The van der Waals surface area contributed by atoms with E-state index in [1.165, 1.54) is 33.5 Å². The third-order valence-electron chi connectivity index (χ3n) is 4.46. The number of aliphatic hydroxyl groups excluding tert-OH is 1. The molecule has 0 atom stereocenters. The van der Waals surface area contributed by atoms with Gasteiger partial charge in [0.1, 0.15) is 18.1 Å². The first-order valence-electron chi connectivity index (χ1n) is 9.32. The van der Waals surface area contributed by atoms with Crippen molar-refractivity contribution in [2.24, 2.45) is 0 Å². The number of benzene rings is 2. The molecule has 0 aliphatic rings. The van der Waals surface area contributed by atoms with Crippen LogP contribution in [-0.2, 0) is 6.61 Å². The molecule has 10 heteroatoms. The lowest BCUT2D eigenvalue weighted by Gasteiger charge is -2.15. The van der Waals surface area contributed by atoms with Gasteiger partial charge in [-0.05, 0) is 54.7 Å². The molecule has 1 heterocycles. The van der Waals surface area contributed by atoms with Gasteiger partial charge >= 0.3 is 0 Å². The summed E-state index contributed by atoms with van der Waals surface area (Å²) in [6.07, 6.45) is 0. The molecule has 0 aliphatic heterocycles.